The van der Waals surface area contributed by atoms with Crippen molar-refractivity contribution >= 4 is 5.82 Å². The first-order valence-electron chi connectivity index (χ1n) is 7.18. The Kier molecular flexibility index (Phi) is 4.77. The molecular weight excluding hydrogens is 238 g/mol. The van der Waals surface area contributed by atoms with Gasteiger partial charge in [-0.1, -0.05) is 13.0 Å². The minimum absolute atomic E-state index is 0.160. The fourth-order valence-electron chi connectivity index (χ4n) is 2.74. The minimum Gasteiger partial charge on any atom is -0.394 e. The first-order chi connectivity index (χ1) is 9.15. The zero-order valence-electron chi connectivity index (χ0n) is 12.3. The lowest BCUT2D eigenvalue weighted by molar-refractivity contribution is 0.210. The molecule has 2 heterocycles. The number of rotatable bonds is 3. The van der Waals surface area contributed by atoms with Gasteiger partial charge in [0.2, 0.25) is 0 Å². The number of anilines is 1. The number of pyridine rings is 1. The van der Waals surface area contributed by atoms with Crippen molar-refractivity contribution in [3.8, 4) is 0 Å². The summed E-state index contributed by atoms with van der Waals surface area (Å²) in [6.07, 6.45) is 2.15. The van der Waals surface area contributed by atoms with Gasteiger partial charge in [0.15, 0.2) is 0 Å². The predicted molar refractivity (Wildman–Crippen MR) is 78.4 cm³/mol. The molecule has 0 saturated heterocycles. The summed E-state index contributed by atoms with van der Waals surface area (Å²) in [5.74, 6) is 1.03. The highest BCUT2D eigenvalue weighted by molar-refractivity contribution is 5.48. The van der Waals surface area contributed by atoms with Crippen LogP contribution in [0.3, 0.4) is 0 Å². The van der Waals surface area contributed by atoms with Gasteiger partial charge in [-0.05, 0) is 32.4 Å². The van der Waals surface area contributed by atoms with Crippen LogP contribution in [0.1, 0.15) is 31.0 Å². The number of fused-ring (bicyclic) bond motifs is 1. The van der Waals surface area contributed by atoms with Crippen LogP contribution in [0, 0.1) is 6.92 Å². The molecule has 0 radical (unpaired) electrons. The lowest BCUT2D eigenvalue weighted by Gasteiger charge is -2.35. The number of hydrogen-bond donors (Lipinski definition) is 1. The van der Waals surface area contributed by atoms with Crippen molar-refractivity contribution in [3.05, 3.63) is 23.4 Å². The van der Waals surface area contributed by atoms with Crippen LogP contribution in [-0.4, -0.2) is 47.8 Å². The number of likely N-dealkylation sites (N-methyl/N-ethyl adjacent to an activating group) is 1. The van der Waals surface area contributed by atoms with Gasteiger partial charge in [-0.3, -0.25) is 4.90 Å². The Labute approximate surface area is 116 Å². The highest BCUT2D eigenvalue weighted by Crippen LogP contribution is 2.24. The third-order valence-electron chi connectivity index (χ3n) is 3.90. The Hall–Kier alpha value is -1.13. The molecule has 1 atom stereocenters. The summed E-state index contributed by atoms with van der Waals surface area (Å²) >= 11 is 0. The lowest BCUT2D eigenvalue weighted by Crippen LogP contribution is -2.42. The van der Waals surface area contributed by atoms with Crippen LogP contribution in [0.25, 0.3) is 0 Å². The molecule has 4 heteroatoms. The van der Waals surface area contributed by atoms with E-state index in [1.54, 1.807) is 0 Å². The van der Waals surface area contributed by atoms with Crippen LogP contribution in [0.5, 0.6) is 0 Å². The van der Waals surface area contributed by atoms with E-state index in [1.807, 2.05) is 14.0 Å². The van der Waals surface area contributed by atoms with E-state index in [0.717, 1.165) is 44.0 Å². The summed E-state index contributed by atoms with van der Waals surface area (Å²) in [6, 6.07) is 4.41. The van der Waals surface area contributed by atoms with Crippen LogP contribution < -0.4 is 4.90 Å². The van der Waals surface area contributed by atoms with Gasteiger partial charge in [0, 0.05) is 31.4 Å². The third-order valence-corrected chi connectivity index (χ3v) is 3.90. The van der Waals surface area contributed by atoms with Crippen molar-refractivity contribution in [2.24, 2.45) is 0 Å². The molecule has 0 aliphatic carbocycles. The number of aryl methyl sites for hydroxylation is 1. The van der Waals surface area contributed by atoms with Crippen LogP contribution in [0.4, 0.5) is 5.82 Å². The van der Waals surface area contributed by atoms with Crippen LogP contribution in [-0.2, 0) is 6.54 Å². The average molecular weight is 263 g/mol. The Morgan fingerprint density at radius 2 is 2.21 bits per heavy atom. The second-order valence-electron chi connectivity index (χ2n) is 5.45. The lowest BCUT2D eigenvalue weighted by atomic mass is 10.1. The van der Waals surface area contributed by atoms with E-state index in [1.165, 1.54) is 5.56 Å². The van der Waals surface area contributed by atoms with Crippen molar-refractivity contribution < 1.29 is 5.11 Å². The van der Waals surface area contributed by atoms with Gasteiger partial charge in [-0.25, -0.2) is 4.98 Å². The molecule has 1 aliphatic rings. The Morgan fingerprint density at radius 3 is 2.89 bits per heavy atom. The van der Waals surface area contributed by atoms with Gasteiger partial charge in [-0.15, -0.1) is 0 Å². The Morgan fingerprint density at radius 1 is 1.42 bits per heavy atom. The fraction of sp³-hybridized carbons (Fsp3) is 0.667. The minimum atomic E-state index is 0.160. The van der Waals surface area contributed by atoms with Gasteiger partial charge in [0.05, 0.1) is 12.6 Å². The first-order valence-corrected chi connectivity index (χ1v) is 7.18. The van der Waals surface area contributed by atoms with Crippen LogP contribution in [0.2, 0.25) is 0 Å². The van der Waals surface area contributed by atoms with Gasteiger partial charge in [0.25, 0.3) is 0 Å². The van der Waals surface area contributed by atoms with Gasteiger partial charge in [-0.2, -0.15) is 0 Å². The second-order valence-corrected chi connectivity index (χ2v) is 5.45. The van der Waals surface area contributed by atoms with Crippen molar-refractivity contribution in [3.63, 3.8) is 0 Å². The summed E-state index contributed by atoms with van der Waals surface area (Å²) < 4.78 is 0. The number of aliphatic hydroxyl groups is 1. The zero-order chi connectivity index (χ0) is 13.8. The molecule has 1 N–H and O–H groups in total. The molecule has 1 aliphatic heterocycles. The monoisotopic (exact) mass is 263 g/mol. The molecule has 0 amide bonds. The SMILES string of the molecule is CCCN1CC[C@@H](CO)N(C)c2nc(C)ccc2C1. The highest BCUT2D eigenvalue weighted by atomic mass is 16.3. The van der Waals surface area contributed by atoms with Gasteiger partial charge >= 0.3 is 0 Å². The van der Waals surface area contributed by atoms with Crippen molar-refractivity contribution in [2.75, 3.05) is 31.6 Å². The maximum atomic E-state index is 9.60. The van der Waals surface area contributed by atoms with E-state index >= 15 is 0 Å². The molecule has 19 heavy (non-hydrogen) atoms. The van der Waals surface area contributed by atoms with E-state index in [0.29, 0.717) is 0 Å². The Balaban J connectivity index is 2.34. The first kappa shape index (κ1) is 14.3. The molecule has 2 rings (SSSR count). The standard InChI is InChI=1S/C15H25N3O/c1-4-8-18-9-7-14(11-19)17(3)15-13(10-18)6-5-12(2)16-15/h5-6,14,19H,4,7-11H2,1-3H3/t14-/m0/s1. The average Bonchev–Trinajstić information content (AvgIpc) is 2.39. The number of hydrogen-bond acceptors (Lipinski definition) is 4. The Bertz CT molecular complexity index is 422. The van der Waals surface area contributed by atoms with E-state index < -0.39 is 0 Å². The van der Waals surface area contributed by atoms with Crippen LogP contribution in [0.15, 0.2) is 12.1 Å². The summed E-state index contributed by atoms with van der Waals surface area (Å²) in [7, 11) is 2.04. The van der Waals surface area contributed by atoms with Gasteiger partial charge < -0.3 is 10.0 Å². The molecule has 106 valence electrons. The second kappa shape index (κ2) is 6.35. The van der Waals surface area contributed by atoms with E-state index in [9.17, 15) is 5.11 Å². The summed E-state index contributed by atoms with van der Waals surface area (Å²) in [6.45, 7) is 7.52. The molecule has 0 unspecified atom stereocenters. The van der Waals surface area contributed by atoms with E-state index in [-0.39, 0.29) is 12.6 Å². The smallest absolute Gasteiger partial charge is 0.133 e. The highest BCUT2D eigenvalue weighted by Gasteiger charge is 2.23. The van der Waals surface area contributed by atoms with Crippen molar-refractivity contribution in [1.29, 1.82) is 0 Å². The summed E-state index contributed by atoms with van der Waals surface area (Å²) in [5, 5.41) is 9.60. The molecule has 0 spiro atoms. The molecule has 4 nitrogen and oxygen atoms in total. The maximum Gasteiger partial charge on any atom is 0.133 e. The zero-order valence-corrected chi connectivity index (χ0v) is 12.3. The quantitative estimate of drug-likeness (QED) is 0.903. The van der Waals surface area contributed by atoms with E-state index in [2.05, 4.69) is 33.8 Å². The molecule has 0 fully saturated rings. The number of aliphatic hydroxyl groups excluding tert-OH is 1. The van der Waals surface area contributed by atoms with Crippen molar-refractivity contribution in [1.82, 2.24) is 9.88 Å². The number of nitrogens with zero attached hydrogens (tertiary/aromatic N) is 3. The molecular formula is C15H25N3O. The fourth-order valence-corrected chi connectivity index (χ4v) is 2.74. The van der Waals surface area contributed by atoms with Gasteiger partial charge in [0.1, 0.15) is 5.82 Å². The summed E-state index contributed by atoms with van der Waals surface area (Å²) in [4.78, 5) is 9.29. The number of aromatic nitrogens is 1. The molecule has 0 aromatic carbocycles. The molecule has 1 aromatic rings. The predicted octanol–water partition coefficient (Wildman–Crippen LogP) is 1.80. The normalized spacial score (nSPS) is 20.8. The van der Waals surface area contributed by atoms with E-state index in [4.69, 9.17) is 0 Å². The maximum absolute atomic E-state index is 9.60. The largest absolute Gasteiger partial charge is 0.394 e. The third kappa shape index (κ3) is 3.25. The topological polar surface area (TPSA) is 39.6 Å². The van der Waals surface area contributed by atoms with Crippen LogP contribution >= 0.6 is 0 Å². The molecule has 0 bridgehead atoms. The molecule has 1 aromatic heterocycles. The van der Waals surface area contributed by atoms with Crippen molar-refractivity contribution in [2.45, 2.75) is 39.3 Å². The summed E-state index contributed by atoms with van der Waals surface area (Å²) in [5.41, 5.74) is 2.30. The molecule has 0 saturated carbocycles.